The fourth-order valence-electron chi connectivity index (χ4n) is 2.38. The van der Waals surface area contributed by atoms with Gasteiger partial charge in [0.1, 0.15) is 0 Å². The first-order valence-corrected chi connectivity index (χ1v) is 7.89. The van der Waals surface area contributed by atoms with Gasteiger partial charge in [0, 0.05) is 6.04 Å². The van der Waals surface area contributed by atoms with Gasteiger partial charge in [-0.2, -0.15) is 0 Å². The van der Waals surface area contributed by atoms with Gasteiger partial charge in [-0.25, -0.2) is 8.42 Å². The molecule has 17 heavy (non-hydrogen) atoms. The van der Waals surface area contributed by atoms with Crippen LogP contribution in [0.2, 0.25) is 0 Å². The molecule has 1 heterocycles. The second-order valence-electron chi connectivity index (χ2n) is 4.85. The molecular formula is C13H19NO2S. The van der Waals surface area contributed by atoms with Crippen molar-refractivity contribution in [1.29, 1.82) is 0 Å². The summed E-state index contributed by atoms with van der Waals surface area (Å²) in [6, 6.07) is 10.2. The zero-order valence-electron chi connectivity index (χ0n) is 9.88. The van der Waals surface area contributed by atoms with Crippen LogP contribution >= 0.6 is 0 Å². The predicted octanol–water partition coefficient (Wildman–Crippen LogP) is 1.38. The van der Waals surface area contributed by atoms with Crippen LogP contribution in [0.15, 0.2) is 30.3 Å². The monoisotopic (exact) mass is 253 g/mol. The van der Waals surface area contributed by atoms with Crippen molar-refractivity contribution < 1.29 is 8.42 Å². The molecule has 1 aliphatic heterocycles. The highest BCUT2D eigenvalue weighted by atomic mass is 32.2. The van der Waals surface area contributed by atoms with Crippen LogP contribution in [0, 0.1) is 5.92 Å². The van der Waals surface area contributed by atoms with Crippen LogP contribution < -0.4 is 5.73 Å². The number of rotatable bonds is 4. The maximum absolute atomic E-state index is 11.4. The lowest BCUT2D eigenvalue weighted by Crippen LogP contribution is -2.31. The zero-order valence-corrected chi connectivity index (χ0v) is 10.7. The first-order valence-electron chi connectivity index (χ1n) is 6.07. The lowest BCUT2D eigenvalue weighted by molar-refractivity contribution is 0.439. The summed E-state index contributed by atoms with van der Waals surface area (Å²) in [6.07, 6.45) is 2.53. The van der Waals surface area contributed by atoms with E-state index in [1.807, 2.05) is 18.2 Å². The van der Waals surface area contributed by atoms with Gasteiger partial charge in [-0.15, -0.1) is 0 Å². The number of benzene rings is 1. The van der Waals surface area contributed by atoms with Crippen LogP contribution in [0.4, 0.5) is 0 Å². The summed E-state index contributed by atoms with van der Waals surface area (Å²) in [7, 11) is -2.80. The molecular weight excluding hydrogens is 234 g/mol. The van der Waals surface area contributed by atoms with E-state index in [9.17, 15) is 8.42 Å². The second-order valence-corrected chi connectivity index (χ2v) is 7.08. The molecule has 2 N–H and O–H groups in total. The Bertz CT molecular complexity index is 456. The SMILES string of the molecule is NC(CCc1ccccc1)C1CCS(=O)(=O)C1. The number of nitrogens with two attached hydrogens (primary N) is 1. The van der Waals surface area contributed by atoms with Crippen molar-refractivity contribution >= 4 is 9.84 Å². The maximum Gasteiger partial charge on any atom is 0.150 e. The summed E-state index contributed by atoms with van der Waals surface area (Å²) in [5.41, 5.74) is 7.35. The van der Waals surface area contributed by atoms with Crippen molar-refractivity contribution in [2.45, 2.75) is 25.3 Å². The summed E-state index contributed by atoms with van der Waals surface area (Å²) in [5, 5.41) is 0. The number of aryl methyl sites for hydroxylation is 1. The maximum atomic E-state index is 11.4. The molecule has 4 heteroatoms. The number of sulfone groups is 1. The van der Waals surface area contributed by atoms with Gasteiger partial charge in [-0.3, -0.25) is 0 Å². The lowest BCUT2D eigenvalue weighted by atomic mass is 9.94. The molecule has 0 bridgehead atoms. The number of hydrogen-bond acceptors (Lipinski definition) is 3. The highest BCUT2D eigenvalue weighted by Gasteiger charge is 2.31. The topological polar surface area (TPSA) is 60.2 Å². The minimum Gasteiger partial charge on any atom is -0.327 e. The average Bonchev–Trinajstić information content (AvgIpc) is 2.68. The van der Waals surface area contributed by atoms with Crippen LogP contribution in [-0.4, -0.2) is 26.0 Å². The molecule has 1 fully saturated rings. The van der Waals surface area contributed by atoms with E-state index in [0.29, 0.717) is 5.75 Å². The predicted molar refractivity (Wildman–Crippen MR) is 69.5 cm³/mol. The van der Waals surface area contributed by atoms with Gasteiger partial charge in [-0.05, 0) is 30.7 Å². The molecule has 0 spiro atoms. The third-order valence-electron chi connectivity index (χ3n) is 3.48. The Labute approximate surface area is 103 Å². The minimum absolute atomic E-state index is 0.00693. The highest BCUT2D eigenvalue weighted by molar-refractivity contribution is 7.91. The van der Waals surface area contributed by atoms with Crippen molar-refractivity contribution in [3.8, 4) is 0 Å². The van der Waals surface area contributed by atoms with Crippen LogP contribution in [0.5, 0.6) is 0 Å². The Hall–Kier alpha value is -0.870. The minimum atomic E-state index is -2.80. The summed E-state index contributed by atoms with van der Waals surface area (Å²) in [5.74, 6) is 0.753. The van der Waals surface area contributed by atoms with Crippen LogP contribution in [-0.2, 0) is 16.3 Å². The molecule has 3 nitrogen and oxygen atoms in total. The molecule has 2 rings (SSSR count). The van der Waals surface area contributed by atoms with Crippen molar-refractivity contribution in [2.75, 3.05) is 11.5 Å². The molecule has 1 saturated heterocycles. The Kier molecular flexibility index (Phi) is 3.84. The standard InChI is InChI=1S/C13H19NO2S/c14-13(12-8-9-17(15,16)10-12)7-6-11-4-2-1-3-5-11/h1-5,12-13H,6-10,14H2. The molecule has 0 radical (unpaired) electrons. The first kappa shape index (κ1) is 12.6. The van der Waals surface area contributed by atoms with E-state index in [4.69, 9.17) is 5.73 Å². The van der Waals surface area contributed by atoms with E-state index >= 15 is 0 Å². The van der Waals surface area contributed by atoms with Gasteiger partial charge >= 0.3 is 0 Å². The third-order valence-corrected chi connectivity index (χ3v) is 5.28. The van der Waals surface area contributed by atoms with E-state index in [-0.39, 0.29) is 17.7 Å². The average molecular weight is 253 g/mol. The van der Waals surface area contributed by atoms with E-state index < -0.39 is 9.84 Å². The molecule has 0 aromatic heterocycles. The van der Waals surface area contributed by atoms with Gasteiger partial charge in [-0.1, -0.05) is 30.3 Å². The van der Waals surface area contributed by atoms with Crippen molar-refractivity contribution in [3.63, 3.8) is 0 Å². The van der Waals surface area contributed by atoms with Gasteiger partial charge in [0.2, 0.25) is 0 Å². The summed E-state index contributed by atoms with van der Waals surface area (Å²) >= 11 is 0. The highest BCUT2D eigenvalue weighted by Crippen LogP contribution is 2.23. The quantitative estimate of drug-likeness (QED) is 0.882. The Morgan fingerprint density at radius 2 is 2.00 bits per heavy atom. The Morgan fingerprint density at radius 3 is 2.59 bits per heavy atom. The molecule has 2 atom stereocenters. The van der Waals surface area contributed by atoms with Gasteiger partial charge in [0.25, 0.3) is 0 Å². The van der Waals surface area contributed by atoms with Gasteiger partial charge in [0.15, 0.2) is 9.84 Å². The molecule has 0 aliphatic carbocycles. The zero-order chi connectivity index (χ0) is 12.3. The normalized spacial score (nSPS) is 24.6. The van der Waals surface area contributed by atoms with Crippen molar-refractivity contribution in [3.05, 3.63) is 35.9 Å². The van der Waals surface area contributed by atoms with Crippen LogP contribution in [0.3, 0.4) is 0 Å². The summed E-state index contributed by atoms with van der Waals surface area (Å²) in [6.45, 7) is 0. The largest absolute Gasteiger partial charge is 0.327 e. The molecule has 1 aromatic carbocycles. The molecule has 0 saturated carbocycles. The molecule has 1 aromatic rings. The van der Waals surface area contributed by atoms with Crippen LogP contribution in [0.25, 0.3) is 0 Å². The molecule has 1 aliphatic rings. The van der Waals surface area contributed by atoms with Gasteiger partial charge < -0.3 is 5.73 Å². The fourth-order valence-corrected chi connectivity index (χ4v) is 4.27. The molecule has 0 amide bonds. The van der Waals surface area contributed by atoms with E-state index in [1.165, 1.54) is 5.56 Å². The smallest absolute Gasteiger partial charge is 0.150 e. The third kappa shape index (κ3) is 3.54. The first-order chi connectivity index (χ1) is 8.07. The number of hydrogen-bond donors (Lipinski definition) is 1. The molecule has 2 unspecified atom stereocenters. The molecule has 94 valence electrons. The van der Waals surface area contributed by atoms with E-state index in [0.717, 1.165) is 19.3 Å². The van der Waals surface area contributed by atoms with Gasteiger partial charge in [0.05, 0.1) is 11.5 Å². The Morgan fingerprint density at radius 1 is 1.29 bits per heavy atom. The summed E-state index contributed by atoms with van der Waals surface area (Å²) < 4.78 is 22.7. The summed E-state index contributed by atoms with van der Waals surface area (Å²) in [4.78, 5) is 0. The van der Waals surface area contributed by atoms with Crippen LogP contribution in [0.1, 0.15) is 18.4 Å². The van der Waals surface area contributed by atoms with E-state index in [2.05, 4.69) is 12.1 Å². The fraction of sp³-hybridized carbons (Fsp3) is 0.538. The van der Waals surface area contributed by atoms with Crippen molar-refractivity contribution in [2.24, 2.45) is 11.7 Å². The van der Waals surface area contributed by atoms with E-state index in [1.54, 1.807) is 0 Å². The Balaban J connectivity index is 1.84. The lowest BCUT2D eigenvalue weighted by Gasteiger charge is -2.17. The second kappa shape index (κ2) is 5.19. The van der Waals surface area contributed by atoms with Crippen molar-refractivity contribution in [1.82, 2.24) is 0 Å².